The highest BCUT2D eigenvalue weighted by molar-refractivity contribution is 9.10. The molecule has 1 saturated heterocycles. The molecule has 1 amide bonds. The van der Waals surface area contributed by atoms with Crippen LogP contribution in [0.3, 0.4) is 0 Å². The molecule has 0 aromatic heterocycles. The van der Waals surface area contributed by atoms with Gasteiger partial charge >= 0.3 is 11.9 Å². The Morgan fingerprint density at radius 3 is 2.85 bits per heavy atom. The van der Waals surface area contributed by atoms with Crippen molar-refractivity contribution in [2.75, 3.05) is 11.9 Å². The molecular weight excluding hydrogens is 493 g/mol. The molecule has 1 N–H and O–H groups in total. The minimum absolute atomic E-state index is 0.00212. The van der Waals surface area contributed by atoms with Gasteiger partial charge in [-0.3, -0.25) is 14.4 Å². The smallest absolute Gasteiger partial charge is 0.310 e. The molecule has 4 rings (SSSR count). The average Bonchev–Trinajstić information content (AvgIpc) is 3.20. The minimum atomic E-state index is -0.550. The van der Waals surface area contributed by atoms with Crippen LogP contribution in [0.2, 0.25) is 5.02 Å². The molecule has 26 heavy (non-hydrogen) atoms. The van der Waals surface area contributed by atoms with Gasteiger partial charge in [-0.05, 0) is 46.5 Å². The lowest BCUT2D eigenvalue weighted by molar-refractivity contribution is -0.157. The van der Waals surface area contributed by atoms with E-state index in [4.69, 9.17) is 21.1 Å². The topological polar surface area (TPSA) is 81.7 Å². The fraction of sp³-hybridized carbons (Fsp3) is 0.471. The first-order valence-corrected chi connectivity index (χ1v) is 10.2. The first-order valence-electron chi connectivity index (χ1n) is 8.13. The van der Waals surface area contributed by atoms with Crippen LogP contribution in [0.5, 0.6) is 0 Å². The largest absolute Gasteiger partial charge is 0.461 e. The Bertz CT molecular complexity index is 803. The first kappa shape index (κ1) is 18.3. The molecule has 0 radical (unpaired) electrons. The highest BCUT2D eigenvalue weighted by atomic mass is 79.9. The molecule has 0 spiro atoms. The summed E-state index contributed by atoms with van der Waals surface area (Å²) >= 11 is 12.8. The van der Waals surface area contributed by atoms with E-state index in [0.717, 1.165) is 6.42 Å². The van der Waals surface area contributed by atoms with Crippen LogP contribution in [0.4, 0.5) is 5.69 Å². The van der Waals surface area contributed by atoms with Gasteiger partial charge in [-0.2, -0.15) is 0 Å². The van der Waals surface area contributed by atoms with Crippen molar-refractivity contribution in [1.82, 2.24) is 0 Å². The van der Waals surface area contributed by atoms with Gasteiger partial charge in [0.1, 0.15) is 6.10 Å². The molecule has 2 saturated carbocycles. The van der Waals surface area contributed by atoms with Gasteiger partial charge in [0.2, 0.25) is 0 Å². The Balaban J connectivity index is 1.36. The summed E-state index contributed by atoms with van der Waals surface area (Å²) < 4.78 is 11.3. The summed E-state index contributed by atoms with van der Waals surface area (Å²) in [5.41, 5.74) is 0.502. The van der Waals surface area contributed by atoms with E-state index in [0.29, 0.717) is 15.2 Å². The number of alkyl halides is 1. The maximum absolute atomic E-state index is 12.5. The van der Waals surface area contributed by atoms with E-state index >= 15 is 0 Å². The number of carbonyl (C=O) groups is 3. The van der Waals surface area contributed by atoms with Crippen LogP contribution in [0.1, 0.15) is 6.42 Å². The number of amides is 1. The van der Waals surface area contributed by atoms with Gasteiger partial charge in [0.05, 0.1) is 21.7 Å². The Morgan fingerprint density at radius 1 is 1.35 bits per heavy atom. The average molecular weight is 508 g/mol. The SMILES string of the molecule is O=C(COC(=O)[C@@H]1[C@H]2C[C@H]3[C@H](OC(=O)[C@H]31)[C@@H]2Br)Nc1ccc(Br)c(Cl)c1. The van der Waals surface area contributed by atoms with Crippen LogP contribution >= 0.6 is 43.5 Å². The van der Waals surface area contributed by atoms with E-state index in [1.165, 1.54) is 0 Å². The molecule has 3 aliphatic rings. The van der Waals surface area contributed by atoms with Crippen molar-refractivity contribution >= 4 is 67.0 Å². The van der Waals surface area contributed by atoms with E-state index in [9.17, 15) is 14.4 Å². The van der Waals surface area contributed by atoms with Gasteiger partial charge in [0, 0.05) is 16.1 Å². The fourth-order valence-corrected chi connectivity index (χ4v) is 5.77. The Morgan fingerprint density at radius 2 is 2.12 bits per heavy atom. The number of anilines is 1. The molecule has 9 heteroatoms. The molecule has 3 fully saturated rings. The maximum Gasteiger partial charge on any atom is 0.310 e. The lowest BCUT2D eigenvalue weighted by atomic mass is 9.80. The van der Waals surface area contributed by atoms with Crippen molar-refractivity contribution in [3.63, 3.8) is 0 Å². The predicted molar refractivity (Wildman–Crippen MR) is 99.9 cm³/mol. The zero-order valence-electron chi connectivity index (χ0n) is 13.3. The van der Waals surface area contributed by atoms with Crippen LogP contribution in [0.25, 0.3) is 0 Å². The second kappa shape index (κ2) is 6.80. The van der Waals surface area contributed by atoms with Gasteiger partial charge in [-0.15, -0.1) is 0 Å². The molecule has 1 heterocycles. The Hall–Kier alpha value is -1.12. The number of halogens is 3. The van der Waals surface area contributed by atoms with Crippen molar-refractivity contribution in [3.05, 3.63) is 27.7 Å². The number of nitrogens with one attached hydrogen (secondary N) is 1. The van der Waals surface area contributed by atoms with Gasteiger partial charge in [-0.1, -0.05) is 27.5 Å². The maximum atomic E-state index is 12.5. The van der Waals surface area contributed by atoms with Crippen LogP contribution < -0.4 is 5.32 Å². The third-order valence-corrected chi connectivity index (χ3v) is 7.78. The quantitative estimate of drug-likeness (QED) is 0.500. The van der Waals surface area contributed by atoms with Gasteiger partial charge in [0.25, 0.3) is 5.91 Å². The van der Waals surface area contributed by atoms with E-state index in [1.54, 1.807) is 18.2 Å². The number of benzene rings is 1. The highest BCUT2D eigenvalue weighted by Crippen LogP contribution is 2.60. The molecule has 2 bridgehead atoms. The van der Waals surface area contributed by atoms with E-state index in [1.807, 2.05) is 0 Å². The van der Waals surface area contributed by atoms with Crippen molar-refractivity contribution in [2.24, 2.45) is 23.7 Å². The van der Waals surface area contributed by atoms with E-state index in [2.05, 4.69) is 37.2 Å². The molecule has 2 aliphatic carbocycles. The fourth-order valence-electron chi connectivity index (χ4n) is 4.30. The van der Waals surface area contributed by atoms with E-state index < -0.39 is 30.3 Å². The van der Waals surface area contributed by atoms with Gasteiger partial charge in [0.15, 0.2) is 6.61 Å². The zero-order valence-corrected chi connectivity index (χ0v) is 17.2. The molecule has 1 aliphatic heterocycles. The summed E-state index contributed by atoms with van der Waals surface area (Å²) in [6.45, 7) is -0.418. The number of hydrogen-bond donors (Lipinski definition) is 1. The second-order valence-electron chi connectivity index (χ2n) is 6.75. The van der Waals surface area contributed by atoms with Crippen LogP contribution in [0, 0.1) is 23.7 Å². The molecule has 0 unspecified atom stereocenters. The highest BCUT2D eigenvalue weighted by Gasteiger charge is 2.68. The van der Waals surface area contributed by atoms with Crippen LogP contribution in [0.15, 0.2) is 22.7 Å². The van der Waals surface area contributed by atoms with Gasteiger partial charge < -0.3 is 14.8 Å². The number of hydrogen-bond acceptors (Lipinski definition) is 5. The minimum Gasteiger partial charge on any atom is -0.461 e. The van der Waals surface area contributed by atoms with Crippen molar-refractivity contribution < 1.29 is 23.9 Å². The van der Waals surface area contributed by atoms with Crippen molar-refractivity contribution in [1.29, 1.82) is 0 Å². The van der Waals surface area contributed by atoms with Crippen molar-refractivity contribution in [3.8, 4) is 0 Å². The molecule has 6 atom stereocenters. The lowest BCUT2D eigenvalue weighted by Crippen LogP contribution is -2.39. The van der Waals surface area contributed by atoms with Gasteiger partial charge in [-0.25, -0.2) is 0 Å². The number of carbonyl (C=O) groups excluding carboxylic acids is 3. The lowest BCUT2D eigenvalue weighted by Gasteiger charge is -2.26. The Labute approximate surface area is 171 Å². The summed E-state index contributed by atoms with van der Waals surface area (Å²) in [4.78, 5) is 36.6. The first-order chi connectivity index (χ1) is 12.4. The van der Waals surface area contributed by atoms with Crippen LogP contribution in [-0.2, 0) is 23.9 Å². The zero-order chi connectivity index (χ0) is 18.6. The molecule has 1 aromatic carbocycles. The predicted octanol–water partition coefficient (Wildman–Crippen LogP) is 3.16. The molecular formula is C17H14Br2ClNO5. The monoisotopic (exact) mass is 505 g/mol. The summed E-state index contributed by atoms with van der Waals surface area (Å²) in [5.74, 6) is -2.25. The normalized spacial score (nSPS) is 33.9. The summed E-state index contributed by atoms with van der Waals surface area (Å²) in [7, 11) is 0. The summed E-state index contributed by atoms with van der Waals surface area (Å²) in [6.07, 6.45) is 0.618. The third-order valence-electron chi connectivity index (χ3n) is 5.34. The van der Waals surface area contributed by atoms with Crippen molar-refractivity contribution in [2.45, 2.75) is 17.4 Å². The number of esters is 2. The summed E-state index contributed by atoms with van der Waals surface area (Å²) in [5, 5.41) is 3.08. The standard InChI is InChI=1S/C17H14Br2ClNO5/c18-9-2-1-6(3-10(9)20)21-11(22)5-25-16(23)12-7-4-8-13(12)17(24)26-15(8)14(7)19/h1-3,7-8,12-15H,4-5H2,(H,21,22)/t7-,8-,12-,13-,14-,15+/m1/s1. The van der Waals surface area contributed by atoms with E-state index in [-0.39, 0.29) is 28.7 Å². The Kier molecular flexibility index (Phi) is 4.77. The molecule has 6 nitrogen and oxygen atoms in total. The number of ether oxygens (including phenoxy) is 2. The number of fused-ring (bicyclic) bond motifs is 1. The second-order valence-corrected chi connectivity index (χ2v) is 9.06. The molecule has 138 valence electrons. The number of rotatable bonds is 4. The third kappa shape index (κ3) is 2.96. The summed E-state index contributed by atoms with van der Waals surface area (Å²) in [6, 6.07) is 4.97. The van der Waals surface area contributed by atoms with Crippen LogP contribution in [-0.4, -0.2) is 35.4 Å². The molecule has 1 aromatic rings.